The molecule has 1 saturated carbocycles. The summed E-state index contributed by atoms with van der Waals surface area (Å²) in [5.41, 5.74) is 9.76. The van der Waals surface area contributed by atoms with Crippen LogP contribution in [0.5, 0.6) is 0 Å². The number of halogens is 1. The number of anilines is 2. The molecule has 4 N–H and O–H groups in total. The zero-order valence-electron chi connectivity index (χ0n) is 19.4. The number of nitrogens with zero attached hydrogens (tertiary/aromatic N) is 3. The van der Waals surface area contributed by atoms with Gasteiger partial charge in [-0.25, -0.2) is 19.3 Å². The topological polar surface area (TPSA) is 106 Å². The lowest BCUT2D eigenvalue weighted by molar-refractivity contribution is -0.116. The number of benzene rings is 1. The minimum atomic E-state index is -0.493. The van der Waals surface area contributed by atoms with E-state index in [0.29, 0.717) is 41.2 Å². The number of hydrogen-bond acceptors (Lipinski definition) is 6. The van der Waals surface area contributed by atoms with Crippen molar-refractivity contribution in [2.45, 2.75) is 65.0 Å². The molecule has 1 aliphatic rings. The van der Waals surface area contributed by atoms with Crippen LogP contribution in [0.4, 0.5) is 16.0 Å². The van der Waals surface area contributed by atoms with E-state index in [1.54, 1.807) is 18.3 Å². The lowest BCUT2D eigenvalue weighted by Gasteiger charge is -2.26. The zero-order chi connectivity index (χ0) is 23.5. The number of rotatable bonds is 6. The number of aromatic nitrogens is 3. The number of nitrogens with two attached hydrogens (primary N) is 1. The Kier molecular flexibility index (Phi) is 6.83. The lowest BCUT2D eigenvalue weighted by Crippen LogP contribution is -2.33. The first-order valence-electron chi connectivity index (χ1n) is 11.5. The monoisotopic (exact) mass is 450 g/mol. The summed E-state index contributed by atoms with van der Waals surface area (Å²) in [6, 6.07) is 7.24. The molecular weight excluding hydrogens is 419 g/mol. The Hall–Kier alpha value is -3.13. The molecule has 0 unspecified atom stereocenters. The van der Waals surface area contributed by atoms with Crippen molar-refractivity contribution in [2.75, 3.05) is 10.6 Å². The summed E-state index contributed by atoms with van der Waals surface area (Å²) < 4.78 is 14.7. The Bertz CT molecular complexity index is 1160. The van der Waals surface area contributed by atoms with Crippen LogP contribution in [0.3, 0.4) is 0 Å². The highest BCUT2D eigenvalue weighted by atomic mass is 19.1. The predicted molar refractivity (Wildman–Crippen MR) is 129 cm³/mol. The third-order valence-electron chi connectivity index (χ3n) is 5.97. The predicted octanol–water partition coefficient (Wildman–Crippen LogP) is 4.81. The Balaban J connectivity index is 1.54. The molecule has 0 bridgehead atoms. The minimum absolute atomic E-state index is 0.171. The number of pyridine rings is 1. The van der Waals surface area contributed by atoms with E-state index >= 15 is 0 Å². The van der Waals surface area contributed by atoms with Gasteiger partial charge in [-0.05, 0) is 62.3 Å². The lowest BCUT2D eigenvalue weighted by atomic mass is 9.92. The van der Waals surface area contributed by atoms with E-state index in [0.717, 1.165) is 36.8 Å². The van der Waals surface area contributed by atoms with Crippen LogP contribution < -0.4 is 16.4 Å². The Morgan fingerprint density at radius 1 is 1.18 bits per heavy atom. The van der Waals surface area contributed by atoms with Gasteiger partial charge in [-0.3, -0.25) is 4.79 Å². The minimum Gasteiger partial charge on any atom is -0.351 e. The van der Waals surface area contributed by atoms with Crippen LogP contribution in [0, 0.1) is 18.7 Å². The van der Waals surface area contributed by atoms with Crippen LogP contribution >= 0.6 is 0 Å². The molecule has 0 atom stereocenters. The van der Waals surface area contributed by atoms with E-state index in [4.69, 9.17) is 5.73 Å². The molecule has 0 radical (unpaired) electrons. The molecule has 174 valence electrons. The largest absolute Gasteiger partial charge is 0.351 e. The van der Waals surface area contributed by atoms with Crippen LogP contribution in [0.1, 0.15) is 51.5 Å². The van der Waals surface area contributed by atoms with Gasteiger partial charge >= 0.3 is 0 Å². The number of aryl methyl sites for hydroxylation is 1. The molecule has 0 spiro atoms. The average molecular weight is 451 g/mol. The van der Waals surface area contributed by atoms with Crippen LogP contribution in [-0.2, 0) is 4.79 Å². The molecule has 4 rings (SSSR count). The number of amides is 1. The van der Waals surface area contributed by atoms with Crippen molar-refractivity contribution in [2.24, 2.45) is 11.7 Å². The van der Waals surface area contributed by atoms with Crippen LogP contribution in [0.15, 0.2) is 30.5 Å². The number of fused-ring (bicyclic) bond motifs is 1. The summed E-state index contributed by atoms with van der Waals surface area (Å²) in [7, 11) is 0. The fraction of sp³-hybridized carbons (Fsp3) is 0.440. The van der Waals surface area contributed by atoms with Gasteiger partial charge in [-0.15, -0.1) is 0 Å². The smallest absolute Gasteiger partial charge is 0.224 e. The van der Waals surface area contributed by atoms with Gasteiger partial charge in [0.1, 0.15) is 11.3 Å². The fourth-order valence-electron chi connectivity index (χ4n) is 4.19. The molecule has 33 heavy (non-hydrogen) atoms. The summed E-state index contributed by atoms with van der Waals surface area (Å²) >= 11 is 0. The fourth-order valence-corrected chi connectivity index (χ4v) is 4.19. The standard InChI is InChI=1S/C25H31FN6O/c1-14(2)10-23(33)31-20-9-4-16(12-19(20)26)21-11-15(3)24-22(30-21)13-28-25(32-24)29-18-7-5-17(27)6-8-18/h4,9,11-14,17-18H,5-8,10,27H2,1-3H3,(H,31,33)(H,28,29,32). The average Bonchev–Trinajstić information content (AvgIpc) is 2.76. The van der Waals surface area contributed by atoms with Crippen molar-refractivity contribution in [1.29, 1.82) is 0 Å². The van der Waals surface area contributed by atoms with Crippen molar-refractivity contribution in [3.63, 3.8) is 0 Å². The van der Waals surface area contributed by atoms with Gasteiger partial charge in [0.05, 0.1) is 23.1 Å². The molecule has 2 aromatic heterocycles. The molecule has 3 aromatic rings. The summed E-state index contributed by atoms with van der Waals surface area (Å²) in [5.74, 6) is 0.102. The van der Waals surface area contributed by atoms with Gasteiger partial charge in [-0.2, -0.15) is 0 Å². The highest BCUT2D eigenvalue weighted by Crippen LogP contribution is 2.27. The van der Waals surface area contributed by atoms with Gasteiger partial charge < -0.3 is 16.4 Å². The van der Waals surface area contributed by atoms with Crippen LogP contribution in [0.2, 0.25) is 0 Å². The Morgan fingerprint density at radius 3 is 2.64 bits per heavy atom. The summed E-state index contributed by atoms with van der Waals surface area (Å²) in [6.07, 6.45) is 6.08. The highest BCUT2D eigenvalue weighted by Gasteiger charge is 2.19. The van der Waals surface area contributed by atoms with E-state index in [-0.39, 0.29) is 17.5 Å². The number of nitrogens with one attached hydrogen (secondary N) is 2. The van der Waals surface area contributed by atoms with Gasteiger partial charge in [0.2, 0.25) is 11.9 Å². The first kappa shape index (κ1) is 23.0. The Morgan fingerprint density at radius 2 is 1.94 bits per heavy atom. The van der Waals surface area contributed by atoms with Gasteiger partial charge in [0, 0.05) is 24.1 Å². The number of carbonyl (C=O) groups excluding carboxylic acids is 1. The van der Waals surface area contributed by atoms with E-state index in [9.17, 15) is 9.18 Å². The second kappa shape index (κ2) is 9.79. The molecule has 1 amide bonds. The van der Waals surface area contributed by atoms with Crippen LogP contribution in [-0.4, -0.2) is 32.9 Å². The molecule has 1 aliphatic carbocycles. The van der Waals surface area contributed by atoms with Crippen molar-refractivity contribution in [3.8, 4) is 11.3 Å². The summed E-state index contributed by atoms with van der Waals surface area (Å²) in [6.45, 7) is 5.85. The quantitative estimate of drug-likeness (QED) is 0.498. The molecule has 0 aliphatic heterocycles. The molecule has 1 aromatic carbocycles. The summed E-state index contributed by atoms with van der Waals surface area (Å²) in [4.78, 5) is 25.7. The van der Waals surface area contributed by atoms with Crippen molar-refractivity contribution in [3.05, 3.63) is 41.8 Å². The first-order chi connectivity index (χ1) is 15.8. The first-order valence-corrected chi connectivity index (χ1v) is 11.5. The number of carbonyl (C=O) groups is 1. The molecule has 1 fully saturated rings. The van der Waals surface area contributed by atoms with Gasteiger partial charge in [0.15, 0.2) is 0 Å². The van der Waals surface area contributed by atoms with E-state index in [1.165, 1.54) is 6.07 Å². The maximum atomic E-state index is 14.7. The molecule has 8 heteroatoms. The van der Waals surface area contributed by atoms with Gasteiger partial charge in [0.25, 0.3) is 0 Å². The zero-order valence-corrected chi connectivity index (χ0v) is 19.4. The van der Waals surface area contributed by atoms with Crippen molar-refractivity contribution < 1.29 is 9.18 Å². The maximum absolute atomic E-state index is 14.7. The summed E-state index contributed by atoms with van der Waals surface area (Å²) in [5, 5.41) is 6.05. The third-order valence-corrected chi connectivity index (χ3v) is 5.97. The van der Waals surface area contributed by atoms with E-state index < -0.39 is 5.82 Å². The SMILES string of the molecule is Cc1cc(-c2ccc(NC(=O)CC(C)C)c(F)c2)nc2cnc(NC3CCC(N)CC3)nc12. The molecular formula is C25H31FN6O. The van der Waals surface area contributed by atoms with Crippen molar-refractivity contribution in [1.82, 2.24) is 15.0 Å². The second-order valence-corrected chi connectivity index (χ2v) is 9.35. The molecule has 0 saturated heterocycles. The number of hydrogen-bond donors (Lipinski definition) is 3. The van der Waals surface area contributed by atoms with E-state index in [2.05, 4.69) is 25.6 Å². The Labute approximate surface area is 193 Å². The van der Waals surface area contributed by atoms with Crippen molar-refractivity contribution >= 4 is 28.6 Å². The molecule has 7 nitrogen and oxygen atoms in total. The maximum Gasteiger partial charge on any atom is 0.224 e. The molecule has 2 heterocycles. The second-order valence-electron chi connectivity index (χ2n) is 9.35. The third kappa shape index (κ3) is 5.63. The highest BCUT2D eigenvalue weighted by molar-refractivity contribution is 5.91. The normalized spacial score (nSPS) is 18.5. The van der Waals surface area contributed by atoms with Crippen LogP contribution in [0.25, 0.3) is 22.3 Å². The van der Waals surface area contributed by atoms with Gasteiger partial charge in [-0.1, -0.05) is 19.9 Å². The van der Waals surface area contributed by atoms with E-state index in [1.807, 2.05) is 26.8 Å².